The number of carboxylic acids is 1. The number of aliphatic carboxylic acids is 1. The van der Waals surface area contributed by atoms with E-state index < -0.39 is 29.5 Å². The van der Waals surface area contributed by atoms with Gasteiger partial charge in [0, 0.05) is 0 Å². The summed E-state index contributed by atoms with van der Waals surface area (Å²) >= 11 is 0. The van der Waals surface area contributed by atoms with Gasteiger partial charge in [-0.15, -0.1) is 0 Å². The molecule has 1 aromatic rings. The molecule has 0 unspecified atom stereocenters. The zero-order valence-corrected chi connectivity index (χ0v) is 10.2. The first kappa shape index (κ1) is 13.3. The van der Waals surface area contributed by atoms with E-state index in [0.717, 1.165) is 0 Å². The van der Waals surface area contributed by atoms with Crippen molar-refractivity contribution >= 4 is 17.6 Å². The second-order valence-electron chi connectivity index (χ2n) is 4.46. The molecule has 0 spiro atoms. The van der Waals surface area contributed by atoms with Crippen molar-refractivity contribution in [1.29, 1.82) is 0 Å². The van der Waals surface area contributed by atoms with Crippen LogP contribution in [0.4, 0.5) is 10.1 Å². The zero-order valence-electron chi connectivity index (χ0n) is 10.2. The number of hydrogen-bond donors (Lipinski definition) is 2. The van der Waals surface area contributed by atoms with Crippen LogP contribution in [-0.2, 0) is 9.59 Å². The maximum Gasteiger partial charge on any atom is 0.307 e. The average molecular weight is 263 g/mol. The van der Waals surface area contributed by atoms with Crippen molar-refractivity contribution in [3.05, 3.63) is 42.2 Å². The fraction of sp³-hybridized carbons (Fsp3) is 0.286. The molecule has 0 saturated carbocycles. The Balaban J connectivity index is 2.13. The Morgan fingerprint density at radius 3 is 2.42 bits per heavy atom. The topological polar surface area (TPSA) is 66.4 Å². The standard InChI is InChI=1S/C14H14FNO3/c15-11-7-3-4-8-12(11)16-13(17)9-5-1-2-6-10(9)14(18)19/h1-4,7-10H,5-6H2,(H,16,17)(H,18,19)/t9-,10-/m0/s1. The van der Waals surface area contributed by atoms with E-state index in [-0.39, 0.29) is 5.69 Å². The molecule has 0 aliphatic heterocycles. The predicted octanol–water partition coefficient (Wildman–Crippen LogP) is 2.43. The lowest BCUT2D eigenvalue weighted by Gasteiger charge is -2.24. The van der Waals surface area contributed by atoms with Gasteiger partial charge < -0.3 is 10.4 Å². The predicted molar refractivity (Wildman–Crippen MR) is 68.0 cm³/mol. The molecule has 2 atom stereocenters. The molecule has 2 N–H and O–H groups in total. The number of carbonyl (C=O) groups is 2. The van der Waals surface area contributed by atoms with E-state index in [9.17, 15) is 14.0 Å². The number of nitrogens with one attached hydrogen (secondary N) is 1. The highest BCUT2D eigenvalue weighted by atomic mass is 19.1. The average Bonchev–Trinajstić information content (AvgIpc) is 2.41. The number of para-hydroxylation sites is 1. The van der Waals surface area contributed by atoms with Gasteiger partial charge in [0.15, 0.2) is 0 Å². The maximum absolute atomic E-state index is 13.4. The smallest absolute Gasteiger partial charge is 0.307 e. The molecule has 100 valence electrons. The number of allylic oxidation sites excluding steroid dienone is 2. The Bertz CT molecular complexity index is 527. The number of carbonyl (C=O) groups excluding carboxylic acids is 1. The first-order valence-electron chi connectivity index (χ1n) is 6.03. The van der Waals surface area contributed by atoms with E-state index >= 15 is 0 Å². The van der Waals surface area contributed by atoms with E-state index in [2.05, 4.69) is 5.32 Å². The summed E-state index contributed by atoms with van der Waals surface area (Å²) in [5.74, 6) is -3.41. The van der Waals surface area contributed by atoms with Crippen LogP contribution in [0.1, 0.15) is 12.8 Å². The summed E-state index contributed by atoms with van der Waals surface area (Å²) in [5.41, 5.74) is 0.0752. The maximum atomic E-state index is 13.4. The van der Waals surface area contributed by atoms with Crippen molar-refractivity contribution in [3.63, 3.8) is 0 Å². The normalized spacial score (nSPS) is 21.9. The van der Waals surface area contributed by atoms with Crippen molar-refractivity contribution < 1.29 is 19.1 Å². The number of halogens is 1. The van der Waals surface area contributed by atoms with Crippen molar-refractivity contribution in [2.45, 2.75) is 12.8 Å². The molecular formula is C14H14FNO3. The molecule has 1 aliphatic carbocycles. The molecule has 1 aliphatic rings. The Labute approximate surface area is 109 Å². The van der Waals surface area contributed by atoms with Crippen LogP contribution in [0.2, 0.25) is 0 Å². The summed E-state index contributed by atoms with van der Waals surface area (Å²) < 4.78 is 13.4. The molecule has 5 heteroatoms. The minimum Gasteiger partial charge on any atom is -0.481 e. The first-order chi connectivity index (χ1) is 9.09. The Morgan fingerprint density at radius 1 is 1.16 bits per heavy atom. The number of anilines is 1. The third-order valence-electron chi connectivity index (χ3n) is 3.22. The Hall–Kier alpha value is -2.17. The second kappa shape index (κ2) is 5.65. The molecule has 0 radical (unpaired) electrons. The highest BCUT2D eigenvalue weighted by molar-refractivity contribution is 5.95. The molecule has 0 aromatic heterocycles. The second-order valence-corrected chi connectivity index (χ2v) is 4.46. The lowest BCUT2D eigenvalue weighted by molar-refractivity contribution is -0.146. The van der Waals surface area contributed by atoms with Gasteiger partial charge in [0.1, 0.15) is 5.82 Å². The minimum absolute atomic E-state index is 0.0752. The fourth-order valence-electron chi connectivity index (χ4n) is 2.16. The van der Waals surface area contributed by atoms with Crippen LogP contribution in [0.15, 0.2) is 36.4 Å². The number of hydrogen-bond acceptors (Lipinski definition) is 2. The summed E-state index contributed by atoms with van der Waals surface area (Å²) in [7, 11) is 0. The van der Waals surface area contributed by atoms with Crippen LogP contribution in [0.3, 0.4) is 0 Å². The van der Waals surface area contributed by atoms with Crippen LogP contribution in [0.25, 0.3) is 0 Å². The quantitative estimate of drug-likeness (QED) is 0.823. The number of carboxylic acid groups (broad SMARTS) is 1. The van der Waals surface area contributed by atoms with Crippen LogP contribution in [-0.4, -0.2) is 17.0 Å². The summed E-state index contributed by atoms with van der Waals surface area (Å²) in [6.07, 6.45) is 4.22. The van der Waals surface area contributed by atoms with Gasteiger partial charge in [0.2, 0.25) is 5.91 Å². The van der Waals surface area contributed by atoms with Crippen molar-refractivity contribution in [3.8, 4) is 0 Å². The SMILES string of the molecule is O=C(O)[C@H]1CC=CC[C@@H]1C(=O)Nc1ccccc1F. The van der Waals surface area contributed by atoms with Gasteiger partial charge in [-0.05, 0) is 25.0 Å². The van der Waals surface area contributed by atoms with Gasteiger partial charge in [-0.3, -0.25) is 9.59 Å². The lowest BCUT2D eigenvalue weighted by atomic mass is 9.82. The van der Waals surface area contributed by atoms with Gasteiger partial charge in [-0.25, -0.2) is 4.39 Å². The van der Waals surface area contributed by atoms with Crippen molar-refractivity contribution in [2.75, 3.05) is 5.32 Å². The summed E-state index contributed by atoms with van der Waals surface area (Å²) in [5, 5.41) is 11.5. The van der Waals surface area contributed by atoms with Gasteiger partial charge in [-0.2, -0.15) is 0 Å². The van der Waals surface area contributed by atoms with E-state index in [1.165, 1.54) is 18.2 Å². The summed E-state index contributed by atoms with van der Waals surface area (Å²) in [6, 6.07) is 5.81. The molecule has 0 fully saturated rings. The Morgan fingerprint density at radius 2 is 1.79 bits per heavy atom. The monoisotopic (exact) mass is 263 g/mol. The zero-order chi connectivity index (χ0) is 13.8. The largest absolute Gasteiger partial charge is 0.481 e. The highest BCUT2D eigenvalue weighted by Crippen LogP contribution is 2.27. The molecule has 4 nitrogen and oxygen atoms in total. The number of benzene rings is 1. The van der Waals surface area contributed by atoms with Crippen LogP contribution in [0, 0.1) is 17.7 Å². The van der Waals surface area contributed by atoms with E-state index in [1.807, 2.05) is 0 Å². The minimum atomic E-state index is -1.00. The van der Waals surface area contributed by atoms with Crippen LogP contribution >= 0.6 is 0 Å². The highest BCUT2D eigenvalue weighted by Gasteiger charge is 2.34. The fourth-order valence-corrected chi connectivity index (χ4v) is 2.16. The third kappa shape index (κ3) is 2.99. The molecule has 1 amide bonds. The van der Waals surface area contributed by atoms with Crippen LogP contribution < -0.4 is 5.32 Å². The number of amides is 1. The number of rotatable bonds is 3. The molecule has 0 heterocycles. The molecule has 0 bridgehead atoms. The lowest BCUT2D eigenvalue weighted by Crippen LogP contribution is -2.34. The van der Waals surface area contributed by atoms with E-state index in [0.29, 0.717) is 12.8 Å². The van der Waals surface area contributed by atoms with Gasteiger partial charge in [-0.1, -0.05) is 24.3 Å². The van der Waals surface area contributed by atoms with Gasteiger partial charge >= 0.3 is 5.97 Å². The molecular weight excluding hydrogens is 249 g/mol. The summed E-state index contributed by atoms with van der Waals surface area (Å²) in [4.78, 5) is 23.2. The molecule has 0 saturated heterocycles. The third-order valence-corrected chi connectivity index (χ3v) is 3.22. The summed E-state index contributed by atoms with van der Waals surface area (Å²) in [6.45, 7) is 0. The molecule has 19 heavy (non-hydrogen) atoms. The van der Waals surface area contributed by atoms with E-state index in [1.54, 1.807) is 18.2 Å². The molecule has 1 aromatic carbocycles. The van der Waals surface area contributed by atoms with Gasteiger partial charge in [0.25, 0.3) is 0 Å². The van der Waals surface area contributed by atoms with Crippen molar-refractivity contribution in [2.24, 2.45) is 11.8 Å². The first-order valence-corrected chi connectivity index (χ1v) is 6.03. The van der Waals surface area contributed by atoms with Crippen LogP contribution in [0.5, 0.6) is 0 Å². The van der Waals surface area contributed by atoms with Crippen molar-refractivity contribution in [1.82, 2.24) is 0 Å². The van der Waals surface area contributed by atoms with E-state index in [4.69, 9.17) is 5.11 Å². The Kier molecular flexibility index (Phi) is 3.94. The van der Waals surface area contributed by atoms with Gasteiger partial charge in [0.05, 0.1) is 17.5 Å². The molecule has 2 rings (SSSR count).